The zero-order valence-electron chi connectivity index (χ0n) is 9.64. The van der Waals surface area contributed by atoms with Gasteiger partial charge in [0.05, 0.1) is 18.9 Å². The third-order valence-corrected chi connectivity index (χ3v) is 2.42. The van der Waals surface area contributed by atoms with Crippen LogP contribution in [0.1, 0.15) is 32.1 Å². The summed E-state index contributed by atoms with van der Waals surface area (Å²) in [5.74, 6) is 0.820. The molecule has 0 amide bonds. The van der Waals surface area contributed by atoms with Crippen LogP contribution in [0.4, 0.5) is 0 Å². The fourth-order valence-electron chi connectivity index (χ4n) is 1.43. The molecule has 0 saturated carbocycles. The molecule has 89 valence electrons. The molecule has 0 spiro atoms. The third-order valence-electron chi connectivity index (χ3n) is 2.42. The maximum atomic E-state index is 9.29. The van der Waals surface area contributed by atoms with Gasteiger partial charge in [-0.2, -0.15) is 0 Å². The van der Waals surface area contributed by atoms with Crippen molar-refractivity contribution in [3.05, 3.63) is 31.5 Å². The van der Waals surface area contributed by atoms with Gasteiger partial charge in [-0.05, 0) is 37.8 Å². The van der Waals surface area contributed by atoms with Gasteiger partial charge in [0, 0.05) is 6.20 Å². The van der Waals surface area contributed by atoms with E-state index < -0.39 is 0 Å². The van der Waals surface area contributed by atoms with Crippen molar-refractivity contribution in [2.45, 2.75) is 38.2 Å². The van der Waals surface area contributed by atoms with Crippen molar-refractivity contribution in [2.24, 2.45) is 0 Å². The van der Waals surface area contributed by atoms with Gasteiger partial charge in [-0.1, -0.05) is 13.3 Å². The average molecular weight is 222 g/mol. The SMILES string of the molecule is [CH2]CC(O)CCCCCOc1cccnc1. The predicted octanol–water partition coefficient (Wildman–Crippen LogP) is 2.61. The Morgan fingerprint density at radius 2 is 2.25 bits per heavy atom. The smallest absolute Gasteiger partial charge is 0.137 e. The summed E-state index contributed by atoms with van der Waals surface area (Å²) in [6.45, 7) is 4.37. The van der Waals surface area contributed by atoms with Gasteiger partial charge in [-0.3, -0.25) is 4.98 Å². The van der Waals surface area contributed by atoms with E-state index in [-0.39, 0.29) is 6.10 Å². The number of hydrogen-bond acceptors (Lipinski definition) is 3. The van der Waals surface area contributed by atoms with Crippen molar-refractivity contribution in [1.29, 1.82) is 0 Å². The predicted molar refractivity (Wildman–Crippen MR) is 64.2 cm³/mol. The molecule has 0 bridgehead atoms. The summed E-state index contributed by atoms with van der Waals surface area (Å²) in [5.41, 5.74) is 0. The fourth-order valence-corrected chi connectivity index (χ4v) is 1.43. The number of aliphatic hydroxyl groups excluding tert-OH is 1. The summed E-state index contributed by atoms with van der Waals surface area (Å²) >= 11 is 0. The van der Waals surface area contributed by atoms with Crippen molar-refractivity contribution < 1.29 is 9.84 Å². The van der Waals surface area contributed by atoms with Crippen LogP contribution in [0.15, 0.2) is 24.5 Å². The Balaban J connectivity index is 1.96. The average Bonchev–Trinajstić information content (AvgIpc) is 2.34. The molecule has 1 aromatic heterocycles. The molecule has 1 heterocycles. The maximum Gasteiger partial charge on any atom is 0.137 e. The number of hydrogen-bond donors (Lipinski definition) is 1. The normalized spacial score (nSPS) is 12.4. The molecule has 1 rings (SSSR count). The number of aromatic nitrogens is 1. The fraction of sp³-hybridized carbons (Fsp3) is 0.538. The van der Waals surface area contributed by atoms with Gasteiger partial charge in [0.1, 0.15) is 5.75 Å². The van der Waals surface area contributed by atoms with Crippen LogP contribution in [0.2, 0.25) is 0 Å². The number of rotatable bonds is 8. The van der Waals surface area contributed by atoms with E-state index in [1.54, 1.807) is 12.4 Å². The second-order valence-corrected chi connectivity index (χ2v) is 3.83. The molecule has 3 heteroatoms. The molecule has 0 saturated heterocycles. The van der Waals surface area contributed by atoms with Crippen LogP contribution in [0.5, 0.6) is 5.75 Å². The lowest BCUT2D eigenvalue weighted by molar-refractivity contribution is 0.162. The molecular weight excluding hydrogens is 202 g/mol. The highest BCUT2D eigenvalue weighted by Gasteiger charge is 1.99. The molecule has 1 atom stereocenters. The number of unbranched alkanes of at least 4 members (excludes halogenated alkanes) is 2. The molecule has 16 heavy (non-hydrogen) atoms. The zero-order valence-corrected chi connectivity index (χ0v) is 9.64. The topological polar surface area (TPSA) is 42.4 Å². The van der Waals surface area contributed by atoms with Gasteiger partial charge in [-0.25, -0.2) is 0 Å². The first-order valence-corrected chi connectivity index (χ1v) is 5.83. The lowest BCUT2D eigenvalue weighted by atomic mass is 10.1. The molecule has 1 aromatic rings. The number of nitrogens with zero attached hydrogens (tertiary/aromatic N) is 1. The molecule has 1 unspecified atom stereocenters. The van der Waals surface area contributed by atoms with Gasteiger partial charge in [0.2, 0.25) is 0 Å². The second kappa shape index (κ2) is 8.11. The third kappa shape index (κ3) is 5.71. The van der Waals surface area contributed by atoms with Gasteiger partial charge in [-0.15, -0.1) is 0 Å². The van der Waals surface area contributed by atoms with Gasteiger partial charge in [0.25, 0.3) is 0 Å². The van der Waals surface area contributed by atoms with Crippen LogP contribution in [0, 0.1) is 6.92 Å². The molecular formula is C13H20NO2. The Morgan fingerprint density at radius 3 is 2.94 bits per heavy atom. The summed E-state index contributed by atoms with van der Waals surface area (Å²) in [6, 6.07) is 3.76. The van der Waals surface area contributed by atoms with Crippen molar-refractivity contribution in [1.82, 2.24) is 4.98 Å². The van der Waals surface area contributed by atoms with Crippen LogP contribution in [0.25, 0.3) is 0 Å². The lowest BCUT2D eigenvalue weighted by Gasteiger charge is -2.07. The summed E-state index contributed by atoms with van der Waals surface area (Å²) in [6.07, 6.45) is 7.78. The van der Waals surface area contributed by atoms with E-state index in [9.17, 15) is 5.11 Å². The van der Waals surface area contributed by atoms with Gasteiger partial charge >= 0.3 is 0 Å². The van der Waals surface area contributed by atoms with Gasteiger partial charge in [0.15, 0.2) is 0 Å². The monoisotopic (exact) mass is 222 g/mol. The molecule has 0 aliphatic carbocycles. The minimum atomic E-state index is -0.237. The minimum Gasteiger partial charge on any atom is -0.492 e. The van der Waals surface area contributed by atoms with E-state index in [0.717, 1.165) is 31.4 Å². The summed E-state index contributed by atoms with van der Waals surface area (Å²) < 4.78 is 5.50. The Labute approximate surface area is 97.5 Å². The van der Waals surface area contributed by atoms with E-state index in [1.807, 2.05) is 12.1 Å². The highest BCUT2D eigenvalue weighted by Crippen LogP contribution is 2.09. The van der Waals surface area contributed by atoms with Crippen molar-refractivity contribution in [3.8, 4) is 5.75 Å². The van der Waals surface area contributed by atoms with Crippen molar-refractivity contribution >= 4 is 0 Å². The van der Waals surface area contributed by atoms with Crippen LogP contribution in [0.3, 0.4) is 0 Å². The summed E-state index contributed by atoms with van der Waals surface area (Å²) in [4.78, 5) is 3.97. The van der Waals surface area contributed by atoms with Crippen LogP contribution in [-0.2, 0) is 0 Å². The number of pyridine rings is 1. The second-order valence-electron chi connectivity index (χ2n) is 3.83. The van der Waals surface area contributed by atoms with Crippen molar-refractivity contribution in [3.63, 3.8) is 0 Å². The van der Waals surface area contributed by atoms with Crippen LogP contribution < -0.4 is 4.74 Å². The van der Waals surface area contributed by atoms with E-state index in [0.29, 0.717) is 13.0 Å². The molecule has 0 aliphatic rings. The first-order chi connectivity index (χ1) is 7.83. The Hall–Kier alpha value is -1.09. The lowest BCUT2D eigenvalue weighted by Crippen LogP contribution is -2.04. The Bertz CT molecular complexity index is 264. The summed E-state index contributed by atoms with van der Waals surface area (Å²) in [5, 5.41) is 9.29. The molecule has 3 nitrogen and oxygen atoms in total. The van der Waals surface area contributed by atoms with E-state index >= 15 is 0 Å². The van der Waals surface area contributed by atoms with Crippen molar-refractivity contribution in [2.75, 3.05) is 6.61 Å². The molecule has 0 fully saturated rings. The summed E-state index contributed by atoms with van der Waals surface area (Å²) in [7, 11) is 0. The molecule has 0 aliphatic heterocycles. The Morgan fingerprint density at radius 1 is 1.38 bits per heavy atom. The maximum absolute atomic E-state index is 9.29. The zero-order chi connectivity index (χ0) is 11.6. The molecule has 0 aromatic carbocycles. The highest BCUT2D eigenvalue weighted by molar-refractivity contribution is 5.15. The van der Waals surface area contributed by atoms with Crippen LogP contribution >= 0.6 is 0 Å². The van der Waals surface area contributed by atoms with E-state index in [1.165, 1.54) is 0 Å². The standard InChI is InChI=1S/C13H20NO2/c1-2-12(15)7-4-3-5-10-16-13-8-6-9-14-11-13/h6,8-9,11-12,15H,1-5,7,10H2. The van der Waals surface area contributed by atoms with Gasteiger partial charge < -0.3 is 9.84 Å². The quantitative estimate of drug-likeness (QED) is 0.687. The first kappa shape index (κ1) is 13.0. The molecule has 1 N–H and O–H groups in total. The number of ether oxygens (including phenoxy) is 1. The largest absolute Gasteiger partial charge is 0.492 e. The highest BCUT2D eigenvalue weighted by atomic mass is 16.5. The van der Waals surface area contributed by atoms with E-state index in [2.05, 4.69) is 11.9 Å². The minimum absolute atomic E-state index is 0.237. The molecule has 1 radical (unpaired) electrons. The first-order valence-electron chi connectivity index (χ1n) is 5.83. The van der Waals surface area contributed by atoms with E-state index in [4.69, 9.17) is 4.74 Å². The number of aliphatic hydroxyl groups is 1. The van der Waals surface area contributed by atoms with Crippen LogP contribution in [-0.4, -0.2) is 22.8 Å². The Kier molecular flexibility index (Phi) is 6.58.